The maximum absolute atomic E-state index is 13.9. The van der Waals surface area contributed by atoms with E-state index in [0.29, 0.717) is 12.8 Å². The SMILES string of the molecule is CC1(O)CCN(S(=O)(=O)c2cc(N)cc(Cl)c2F)CC1. The number of anilines is 1. The maximum Gasteiger partial charge on any atom is 0.246 e. The van der Waals surface area contributed by atoms with Crippen molar-refractivity contribution in [2.24, 2.45) is 0 Å². The average Bonchev–Trinajstić information content (AvgIpc) is 2.33. The van der Waals surface area contributed by atoms with E-state index < -0.39 is 26.3 Å². The topological polar surface area (TPSA) is 83.6 Å². The lowest BCUT2D eigenvalue weighted by atomic mass is 9.95. The Morgan fingerprint density at radius 3 is 2.50 bits per heavy atom. The summed E-state index contributed by atoms with van der Waals surface area (Å²) in [6, 6.07) is 2.22. The highest BCUT2D eigenvalue weighted by Gasteiger charge is 2.35. The Kier molecular flexibility index (Phi) is 3.98. The van der Waals surface area contributed by atoms with Crippen LogP contribution in [0.5, 0.6) is 0 Å². The summed E-state index contributed by atoms with van der Waals surface area (Å²) in [5.41, 5.74) is 4.72. The van der Waals surface area contributed by atoms with E-state index in [1.165, 1.54) is 0 Å². The van der Waals surface area contributed by atoms with E-state index >= 15 is 0 Å². The number of nitrogen functional groups attached to an aromatic ring is 1. The third kappa shape index (κ3) is 2.90. The van der Waals surface area contributed by atoms with E-state index in [2.05, 4.69) is 0 Å². The molecule has 2 rings (SSSR count). The predicted octanol–water partition coefficient (Wildman–Crippen LogP) is 1.60. The molecule has 112 valence electrons. The normalized spacial score (nSPS) is 20.0. The molecule has 0 bridgehead atoms. The van der Waals surface area contributed by atoms with Gasteiger partial charge in [0.2, 0.25) is 10.0 Å². The van der Waals surface area contributed by atoms with E-state index in [1.807, 2.05) is 0 Å². The van der Waals surface area contributed by atoms with Gasteiger partial charge in [0.15, 0.2) is 5.82 Å². The van der Waals surface area contributed by atoms with Gasteiger partial charge in [-0.25, -0.2) is 12.8 Å². The van der Waals surface area contributed by atoms with Gasteiger partial charge in [-0.1, -0.05) is 11.6 Å². The largest absolute Gasteiger partial charge is 0.399 e. The van der Waals surface area contributed by atoms with Gasteiger partial charge >= 0.3 is 0 Å². The number of nitrogens with zero attached hydrogens (tertiary/aromatic N) is 1. The number of hydrogen-bond acceptors (Lipinski definition) is 4. The van der Waals surface area contributed by atoms with Crippen LogP contribution in [0.15, 0.2) is 17.0 Å². The van der Waals surface area contributed by atoms with Gasteiger partial charge in [-0.15, -0.1) is 0 Å². The number of aliphatic hydroxyl groups is 1. The molecule has 1 aliphatic heterocycles. The molecule has 20 heavy (non-hydrogen) atoms. The molecule has 0 spiro atoms. The molecule has 3 N–H and O–H groups in total. The van der Waals surface area contributed by atoms with Crippen LogP contribution in [-0.4, -0.2) is 36.5 Å². The summed E-state index contributed by atoms with van der Waals surface area (Å²) < 4.78 is 39.9. The second kappa shape index (κ2) is 5.14. The van der Waals surface area contributed by atoms with Gasteiger partial charge in [-0.3, -0.25) is 0 Å². The van der Waals surface area contributed by atoms with Gasteiger partial charge in [0.05, 0.1) is 10.6 Å². The van der Waals surface area contributed by atoms with Crippen LogP contribution in [0, 0.1) is 5.82 Å². The van der Waals surface area contributed by atoms with Crippen molar-refractivity contribution in [1.82, 2.24) is 4.31 Å². The van der Waals surface area contributed by atoms with Gasteiger partial charge < -0.3 is 10.8 Å². The van der Waals surface area contributed by atoms with Crippen LogP contribution in [0.2, 0.25) is 5.02 Å². The van der Waals surface area contributed by atoms with Gasteiger partial charge in [-0.05, 0) is 31.9 Å². The zero-order valence-corrected chi connectivity index (χ0v) is 12.5. The summed E-state index contributed by atoms with van der Waals surface area (Å²) in [5.74, 6) is -1.00. The van der Waals surface area contributed by atoms with Crippen LogP contribution < -0.4 is 5.73 Å². The second-order valence-corrected chi connectivity index (χ2v) is 7.53. The first-order valence-corrected chi connectivity index (χ1v) is 7.92. The van der Waals surface area contributed by atoms with Crippen LogP contribution in [0.3, 0.4) is 0 Å². The lowest BCUT2D eigenvalue weighted by Gasteiger charge is -2.35. The highest BCUT2D eigenvalue weighted by molar-refractivity contribution is 7.89. The first-order chi connectivity index (χ1) is 9.13. The zero-order valence-electron chi connectivity index (χ0n) is 10.9. The molecule has 8 heteroatoms. The molecule has 1 aromatic carbocycles. The molecule has 1 aliphatic rings. The summed E-state index contributed by atoms with van der Waals surface area (Å²) >= 11 is 5.63. The first kappa shape index (κ1) is 15.5. The minimum Gasteiger partial charge on any atom is -0.399 e. The van der Waals surface area contributed by atoms with E-state index in [1.54, 1.807) is 6.92 Å². The monoisotopic (exact) mass is 322 g/mol. The third-order valence-electron chi connectivity index (χ3n) is 3.43. The number of rotatable bonds is 2. The van der Waals surface area contributed by atoms with E-state index in [0.717, 1.165) is 16.4 Å². The minimum absolute atomic E-state index is 0.0824. The summed E-state index contributed by atoms with van der Waals surface area (Å²) in [6.07, 6.45) is 0.591. The quantitative estimate of drug-likeness (QED) is 0.810. The molecule has 1 fully saturated rings. The number of benzene rings is 1. The van der Waals surface area contributed by atoms with Crippen molar-refractivity contribution in [1.29, 1.82) is 0 Å². The standard InChI is InChI=1S/C12H16ClFN2O3S/c1-12(17)2-4-16(5-3-12)20(18,19)10-7-8(15)6-9(13)11(10)14/h6-7,17H,2-5,15H2,1H3. The molecule has 1 aromatic rings. The van der Waals surface area contributed by atoms with Crippen molar-refractivity contribution in [2.45, 2.75) is 30.3 Å². The Labute approximate surface area is 122 Å². The first-order valence-electron chi connectivity index (χ1n) is 6.10. The fourth-order valence-electron chi connectivity index (χ4n) is 2.12. The van der Waals surface area contributed by atoms with Crippen LogP contribution in [0.1, 0.15) is 19.8 Å². The van der Waals surface area contributed by atoms with Gasteiger partial charge in [0.1, 0.15) is 4.90 Å². The summed E-state index contributed by atoms with van der Waals surface area (Å²) in [5, 5.41) is 9.51. The number of nitrogens with two attached hydrogens (primary N) is 1. The second-order valence-electron chi connectivity index (χ2n) is 5.22. The molecule has 5 nitrogen and oxygen atoms in total. The van der Waals surface area contributed by atoms with Crippen molar-refractivity contribution >= 4 is 27.3 Å². The average molecular weight is 323 g/mol. The van der Waals surface area contributed by atoms with Crippen molar-refractivity contribution < 1.29 is 17.9 Å². The molecule has 0 aliphatic carbocycles. The number of sulfonamides is 1. The fourth-order valence-corrected chi connectivity index (χ4v) is 3.97. The van der Waals surface area contributed by atoms with Crippen LogP contribution >= 0.6 is 11.6 Å². The van der Waals surface area contributed by atoms with Gasteiger partial charge in [0.25, 0.3) is 0 Å². The lowest BCUT2D eigenvalue weighted by molar-refractivity contribution is 0.0126. The molecule has 1 saturated heterocycles. The Morgan fingerprint density at radius 1 is 1.40 bits per heavy atom. The number of piperidine rings is 1. The molecule has 0 unspecified atom stereocenters. The van der Waals surface area contributed by atoms with Crippen molar-refractivity contribution in [2.75, 3.05) is 18.8 Å². The Morgan fingerprint density at radius 2 is 1.95 bits per heavy atom. The predicted molar refractivity (Wildman–Crippen MR) is 74.4 cm³/mol. The maximum atomic E-state index is 13.9. The highest BCUT2D eigenvalue weighted by atomic mass is 35.5. The number of hydrogen-bond donors (Lipinski definition) is 2. The van der Waals surface area contributed by atoms with E-state index in [4.69, 9.17) is 17.3 Å². The van der Waals surface area contributed by atoms with Crippen molar-refractivity contribution in [3.8, 4) is 0 Å². The van der Waals surface area contributed by atoms with Gasteiger partial charge in [-0.2, -0.15) is 4.31 Å². The molecule has 0 radical (unpaired) electrons. The molecular weight excluding hydrogens is 307 g/mol. The molecule has 0 aromatic heterocycles. The van der Waals surface area contributed by atoms with E-state index in [-0.39, 0.29) is 23.8 Å². The molecule has 1 heterocycles. The Bertz CT molecular complexity index is 624. The van der Waals surface area contributed by atoms with Crippen LogP contribution in [0.4, 0.5) is 10.1 Å². The zero-order chi connectivity index (χ0) is 15.1. The Balaban J connectivity index is 2.37. The molecular formula is C12H16ClFN2O3S. The smallest absolute Gasteiger partial charge is 0.246 e. The van der Waals surface area contributed by atoms with Crippen molar-refractivity contribution in [3.63, 3.8) is 0 Å². The van der Waals surface area contributed by atoms with Gasteiger partial charge in [0, 0.05) is 18.8 Å². The molecule has 0 atom stereocenters. The Hall–Kier alpha value is -0.890. The fraction of sp³-hybridized carbons (Fsp3) is 0.500. The number of halogens is 2. The third-order valence-corrected chi connectivity index (χ3v) is 5.61. The highest BCUT2D eigenvalue weighted by Crippen LogP contribution is 2.31. The van der Waals surface area contributed by atoms with Crippen molar-refractivity contribution in [3.05, 3.63) is 23.0 Å². The molecule has 0 amide bonds. The van der Waals surface area contributed by atoms with E-state index in [9.17, 15) is 17.9 Å². The summed E-state index contributed by atoms with van der Waals surface area (Å²) in [7, 11) is -4.01. The lowest BCUT2D eigenvalue weighted by Crippen LogP contribution is -2.45. The van der Waals surface area contributed by atoms with Crippen LogP contribution in [-0.2, 0) is 10.0 Å². The summed E-state index contributed by atoms with van der Waals surface area (Å²) in [4.78, 5) is -0.524. The molecule has 0 saturated carbocycles. The minimum atomic E-state index is -4.01. The van der Waals surface area contributed by atoms with Crippen LogP contribution in [0.25, 0.3) is 0 Å². The summed E-state index contributed by atoms with van der Waals surface area (Å²) in [6.45, 7) is 1.90.